The van der Waals surface area contributed by atoms with E-state index in [4.69, 9.17) is 0 Å². The number of rotatable bonds is 4. The average Bonchev–Trinajstić information content (AvgIpc) is 1.84. The molecule has 0 saturated carbocycles. The molecule has 70 valence electrons. The van der Waals surface area contributed by atoms with E-state index in [2.05, 4.69) is 19.9 Å². The summed E-state index contributed by atoms with van der Waals surface area (Å²) in [6, 6.07) is 0. The van der Waals surface area contributed by atoms with E-state index < -0.39 is 10.8 Å². The molecule has 0 aliphatic carbocycles. The third-order valence-electron chi connectivity index (χ3n) is 1.46. The highest BCUT2D eigenvalue weighted by Crippen LogP contribution is 2.06. The minimum atomic E-state index is -0.793. The zero-order chi connectivity index (χ0) is 9.56. The van der Waals surface area contributed by atoms with Gasteiger partial charge in [-0.3, -0.25) is 4.21 Å². The van der Waals surface area contributed by atoms with Gasteiger partial charge in [0, 0.05) is 22.5 Å². The number of allylic oxidation sites excluding steroid dienone is 3. The van der Waals surface area contributed by atoms with Crippen LogP contribution in [0.25, 0.3) is 0 Å². The molecule has 0 rings (SSSR count). The molecule has 0 aliphatic heterocycles. The van der Waals surface area contributed by atoms with Crippen molar-refractivity contribution in [1.29, 1.82) is 0 Å². The van der Waals surface area contributed by atoms with Gasteiger partial charge in [-0.05, 0) is 33.6 Å². The van der Waals surface area contributed by atoms with E-state index >= 15 is 0 Å². The predicted molar refractivity (Wildman–Crippen MR) is 56.5 cm³/mol. The van der Waals surface area contributed by atoms with Gasteiger partial charge < -0.3 is 0 Å². The SMILES string of the molecule is CC(C)=CCC/C(C)=C/S(C)=O. The van der Waals surface area contributed by atoms with Crippen LogP contribution in [0.3, 0.4) is 0 Å². The minimum absolute atomic E-state index is 0.793. The highest BCUT2D eigenvalue weighted by molar-refractivity contribution is 7.87. The van der Waals surface area contributed by atoms with Gasteiger partial charge in [-0.1, -0.05) is 17.2 Å². The molecule has 0 amide bonds. The van der Waals surface area contributed by atoms with Gasteiger partial charge >= 0.3 is 0 Å². The van der Waals surface area contributed by atoms with Gasteiger partial charge in [0.05, 0.1) is 0 Å². The summed E-state index contributed by atoms with van der Waals surface area (Å²) in [4.78, 5) is 0. The summed E-state index contributed by atoms with van der Waals surface area (Å²) in [6.07, 6.45) is 5.98. The Hall–Kier alpha value is -0.370. The van der Waals surface area contributed by atoms with Crippen LogP contribution in [0.2, 0.25) is 0 Å². The first-order valence-corrected chi connectivity index (χ1v) is 5.77. The molecule has 1 unspecified atom stereocenters. The van der Waals surface area contributed by atoms with Crippen LogP contribution < -0.4 is 0 Å². The molecule has 1 nitrogen and oxygen atoms in total. The zero-order valence-corrected chi connectivity index (χ0v) is 9.20. The molecule has 0 aromatic heterocycles. The smallest absolute Gasteiger partial charge is 0.0423 e. The average molecular weight is 186 g/mol. The van der Waals surface area contributed by atoms with E-state index in [1.54, 1.807) is 6.26 Å². The van der Waals surface area contributed by atoms with Crippen molar-refractivity contribution in [2.75, 3.05) is 6.26 Å². The van der Waals surface area contributed by atoms with Crippen LogP contribution in [0.5, 0.6) is 0 Å². The van der Waals surface area contributed by atoms with Crippen molar-refractivity contribution in [3.63, 3.8) is 0 Å². The zero-order valence-electron chi connectivity index (χ0n) is 8.39. The largest absolute Gasteiger partial charge is 0.255 e. The fourth-order valence-corrected chi connectivity index (χ4v) is 1.62. The van der Waals surface area contributed by atoms with Crippen molar-refractivity contribution in [2.45, 2.75) is 33.6 Å². The van der Waals surface area contributed by atoms with Crippen LogP contribution in [0, 0.1) is 0 Å². The second-order valence-corrected chi connectivity index (χ2v) is 4.52. The third kappa shape index (κ3) is 7.73. The molecule has 0 bridgehead atoms. The molecule has 2 heteroatoms. The Morgan fingerprint density at radius 1 is 1.33 bits per heavy atom. The lowest BCUT2D eigenvalue weighted by atomic mass is 10.1. The Kier molecular flexibility index (Phi) is 5.99. The lowest BCUT2D eigenvalue weighted by Gasteiger charge is -1.96. The Morgan fingerprint density at radius 2 is 1.92 bits per heavy atom. The lowest BCUT2D eigenvalue weighted by Crippen LogP contribution is -1.82. The number of hydrogen-bond acceptors (Lipinski definition) is 1. The van der Waals surface area contributed by atoms with Gasteiger partial charge in [0.25, 0.3) is 0 Å². The van der Waals surface area contributed by atoms with Gasteiger partial charge in [-0.15, -0.1) is 0 Å². The molecule has 0 aromatic carbocycles. The fourth-order valence-electron chi connectivity index (χ4n) is 0.931. The normalized spacial score (nSPS) is 14.2. The summed E-state index contributed by atoms with van der Waals surface area (Å²) in [7, 11) is -0.793. The monoisotopic (exact) mass is 186 g/mol. The molecule has 0 saturated heterocycles. The van der Waals surface area contributed by atoms with Crippen molar-refractivity contribution >= 4 is 10.8 Å². The predicted octanol–water partition coefficient (Wildman–Crippen LogP) is 3.02. The summed E-state index contributed by atoms with van der Waals surface area (Å²) in [5.74, 6) is 0. The van der Waals surface area contributed by atoms with E-state index in [1.165, 1.54) is 11.1 Å². The van der Waals surface area contributed by atoms with Crippen LogP contribution in [-0.4, -0.2) is 10.5 Å². The summed E-state index contributed by atoms with van der Waals surface area (Å²) in [5, 5.41) is 1.82. The van der Waals surface area contributed by atoms with Crippen molar-refractivity contribution in [2.24, 2.45) is 0 Å². The van der Waals surface area contributed by atoms with Gasteiger partial charge in [-0.25, -0.2) is 0 Å². The van der Waals surface area contributed by atoms with Gasteiger partial charge in [-0.2, -0.15) is 0 Å². The standard InChI is InChI=1S/C10H18OS/c1-9(2)6-5-7-10(3)8-12(4)11/h6,8H,5,7H2,1-4H3/b10-8+. The van der Waals surface area contributed by atoms with E-state index in [0.717, 1.165) is 12.8 Å². The molecule has 0 spiro atoms. The van der Waals surface area contributed by atoms with E-state index in [9.17, 15) is 4.21 Å². The first kappa shape index (κ1) is 11.6. The maximum absolute atomic E-state index is 10.8. The molecule has 0 aliphatic rings. The van der Waals surface area contributed by atoms with Crippen molar-refractivity contribution < 1.29 is 4.21 Å². The molecule has 0 heterocycles. The highest BCUT2D eigenvalue weighted by Gasteiger charge is 1.89. The van der Waals surface area contributed by atoms with Crippen molar-refractivity contribution in [3.05, 3.63) is 22.6 Å². The fraction of sp³-hybridized carbons (Fsp3) is 0.600. The molecule has 0 aromatic rings. The van der Waals surface area contributed by atoms with Crippen LogP contribution >= 0.6 is 0 Å². The van der Waals surface area contributed by atoms with Crippen molar-refractivity contribution in [1.82, 2.24) is 0 Å². The van der Waals surface area contributed by atoms with E-state index in [-0.39, 0.29) is 0 Å². The van der Waals surface area contributed by atoms with Gasteiger partial charge in [0.1, 0.15) is 0 Å². The maximum atomic E-state index is 10.8. The molecule has 0 N–H and O–H groups in total. The molecular weight excluding hydrogens is 168 g/mol. The summed E-state index contributed by atoms with van der Waals surface area (Å²) < 4.78 is 10.8. The topological polar surface area (TPSA) is 17.1 Å². The third-order valence-corrected chi connectivity index (χ3v) is 2.19. The second-order valence-electron chi connectivity index (χ2n) is 3.28. The van der Waals surface area contributed by atoms with Gasteiger partial charge in [0.2, 0.25) is 0 Å². The molecular formula is C10H18OS. The quantitative estimate of drug-likeness (QED) is 0.617. The van der Waals surface area contributed by atoms with E-state index in [1.807, 2.05) is 12.3 Å². The Labute approximate surface area is 78.0 Å². The van der Waals surface area contributed by atoms with Crippen LogP contribution in [0.1, 0.15) is 33.6 Å². The van der Waals surface area contributed by atoms with Crippen LogP contribution in [0.15, 0.2) is 22.6 Å². The Bertz CT molecular complexity index is 210. The Morgan fingerprint density at radius 3 is 2.33 bits per heavy atom. The lowest BCUT2D eigenvalue weighted by molar-refractivity contribution is 0.691. The summed E-state index contributed by atoms with van der Waals surface area (Å²) in [6.45, 7) is 6.22. The second kappa shape index (κ2) is 6.18. The summed E-state index contributed by atoms with van der Waals surface area (Å²) in [5.41, 5.74) is 2.56. The Balaban J connectivity index is 3.79. The van der Waals surface area contributed by atoms with Crippen LogP contribution in [-0.2, 0) is 10.8 Å². The minimum Gasteiger partial charge on any atom is -0.255 e. The molecule has 0 fully saturated rings. The van der Waals surface area contributed by atoms with Crippen molar-refractivity contribution in [3.8, 4) is 0 Å². The molecule has 1 atom stereocenters. The van der Waals surface area contributed by atoms with Gasteiger partial charge in [0.15, 0.2) is 0 Å². The van der Waals surface area contributed by atoms with Crippen LogP contribution in [0.4, 0.5) is 0 Å². The first-order chi connectivity index (χ1) is 5.52. The van der Waals surface area contributed by atoms with E-state index in [0.29, 0.717) is 0 Å². The summed E-state index contributed by atoms with van der Waals surface area (Å²) >= 11 is 0. The first-order valence-electron chi connectivity index (χ1n) is 4.15. The number of hydrogen-bond donors (Lipinski definition) is 0. The molecule has 0 radical (unpaired) electrons. The highest BCUT2D eigenvalue weighted by atomic mass is 32.2. The maximum Gasteiger partial charge on any atom is 0.0423 e. The molecule has 12 heavy (non-hydrogen) atoms.